The second-order valence-corrected chi connectivity index (χ2v) is 2.58. The smallest absolute Gasteiger partial charge is 0.229 e. The second kappa shape index (κ2) is 4.28. The van der Waals surface area contributed by atoms with E-state index in [0.717, 1.165) is 0 Å². The summed E-state index contributed by atoms with van der Waals surface area (Å²) in [6.45, 7) is 0. The van der Waals surface area contributed by atoms with Gasteiger partial charge in [-0.15, -0.1) is 0 Å². The Hall–Kier alpha value is -2.02. The highest BCUT2D eigenvalue weighted by molar-refractivity contribution is 5.76. The number of phenolic OH excluding ortho intramolecular Hbond substituents is 1. The number of nitrogens with two attached hydrogens (primary N) is 1. The van der Waals surface area contributed by atoms with Crippen LogP contribution in [0.1, 0.15) is 12.0 Å². The molecule has 0 fully saturated rings. The third kappa shape index (κ3) is 2.49. The Morgan fingerprint density at radius 3 is 2.86 bits per heavy atom. The molecule has 1 amide bonds. The number of halogens is 1. The highest BCUT2D eigenvalue weighted by Gasteiger charge is 2.03. The lowest BCUT2D eigenvalue weighted by atomic mass is 10.2. The van der Waals surface area contributed by atoms with Gasteiger partial charge in [-0.05, 0) is 12.1 Å². The van der Waals surface area contributed by atoms with E-state index in [1.165, 1.54) is 18.2 Å². The number of hydrogen-bond acceptors (Lipinski definition) is 2. The van der Waals surface area contributed by atoms with Gasteiger partial charge in [0.25, 0.3) is 0 Å². The molecule has 0 unspecified atom stereocenters. The van der Waals surface area contributed by atoms with Crippen LogP contribution in [0.25, 0.3) is 0 Å². The van der Waals surface area contributed by atoms with E-state index in [4.69, 9.17) is 5.73 Å². The predicted molar refractivity (Wildman–Crippen MR) is 48.8 cm³/mol. The number of carbonyl (C=O) groups excluding carboxylic acids is 1. The maximum Gasteiger partial charge on any atom is 0.229 e. The average molecular weight is 193 g/mol. The van der Waals surface area contributed by atoms with Crippen molar-refractivity contribution in [2.75, 3.05) is 0 Å². The molecular formula is C10H8FNO2. The summed E-state index contributed by atoms with van der Waals surface area (Å²) in [4.78, 5) is 10.3. The summed E-state index contributed by atoms with van der Waals surface area (Å²) in [5.74, 6) is 3.23. The third-order valence-electron chi connectivity index (χ3n) is 1.47. The molecule has 0 aliphatic carbocycles. The number of phenols is 1. The minimum absolute atomic E-state index is 0.117. The van der Waals surface area contributed by atoms with Crippen molar-refractivity contribution < 1.29 is 14.3 Å². The van der Waals surface area contributed by atoms with Gasteiger partial charge in [-0.2, -0.15) is 0 Å². The largest absolute Gasteiger partial charge is 0.507 e. The monoisotopic (exact) mass is 193 g/mol. The van der Waals surface area contributed by atoms with Gasteiger partial charge in [-0.25, -0.2) is 4.39 Å². The van der Waals surface area contributed by atoms with E-state index in [1.54, 1.807) is 0 Å². The van der Waals surface area contributed by atoms with E-state index >= 15 is 0 Å². The SMILES string of the molecule is NC(=O)CC#Cc1c(O)cccc1F. The lowest BCUT2D eigenvalue weighted by Gasteiger charge is -1.96. The van der Waals surface area contributed by atoms with Crippen molar-refractivity contribution in [1.29, 1.82) is 0 Å². The summed E-state index contributed by atoms with van der Waals surface area (Å²) in [7, 11) is 0. The van der Waals surface area contributed by atoms with Crippen LogP contribution in [0.4, 0.5) is 4.39 Å². The fourth-order valence-corrected chi connectivity index (χ4v) is 0.856. The Bertz CT molecular complexity index is 398. The molecule has 0 aromatic heterocycles. The Balaban J connectivity index is 2.94. The molecule has 3 nitrogen and oxygen atoms in total. The van der Waals surface area contributed by atoms with Crippen molar-refractivity contribution in [2.45, 2.75) is 6.42 Å². The molecule has 0 saturated heterocycles. The number of amides is 1. The summed E-state index contributed by atoms with van der Waals surface area (Å²) in [6.07, 6.45) is -0.159. The van der Waals surface area contributed by atoms with Gasteiger partial charge < -0.3 is 10.8 Å². The predicted octanol–water partition coefficient (Wildman–Crippen LogP) is 0.758. The van der Waals surface area contributed by atoms with Crippen LogP contribution in [0, 0.1) is 17.7 Å². The van der Waals surface area contributed by atoms with Crippen molar-refractivity contribution in [1.82, 2.24) is 0 Å². The minimum Gasteiger partial charge on any atom is -0.507 e. The molecule has 0 spiro atoms. The average Bonchev–Trinajstić information content (AvgIpc) is 2.09. The van der Waals surface area contributed by atoms with Gasteiger partial charge in [0.15, 0.2) is 0 Å². The molecule has 0 saturated carbocycles. The van der Waals surface area contributed by atoms with Crippen LogP contribution in [0.5, 0.6) is 5.75 Å². The first-order chi connectivity index (χ1) is 6.61. The van der Waals surface area contributed by atoms with E-state index < -0.39 is 11.7 Å². The van der Waals surface area contributed by atoms with Crippen molar-refractivity contribution in [2.24, 2.45) is 5.73 Å². The zero-order valence-electron chi connectivity index (χ0n) is 7.25. The summed E-state index contributed by atoms with van der Waals surface area (Å²) in [6, 6.07) is 3.86. The van der Waals surface area contributed by atoms with Crippen LogP contribution < -0.4 is 5.73 Å². The first-order valence-electron chi connectivity index (χ1n) is 3.86. The summed E-state index contributed by atoms with van der Waals surface area (Å²) in [5, 5.41) is 9.20. The lowest BCUT2D eigenvalue weighted by molar-refractivity contribution is -0.117. The molecule has 0 heterocycles. The Morgan fingerprint density at radius 2 is 2.29 bits per heavy atom. The molecule has 1 aromatic carbocycles. The molecule has 0 bridgehead atoms. The number of benzene rings is 1. The zero-order valence-corrected chi connectivity index (χ0v) is 7.25. The molecule has 1 rings (SSSR count). The van der Waals surface area contributed by atoms with E-state index in [1.807, 2.05) is 0 Å². The molecule has 0 aliphatic rings. The molecule has 1 aromatic rings. The first kappa shape index (κ1) is 10.1. The highest BCUT2D eigenvalue weighted by atomic mass is 19.1. The van der Waals surface area contributed by atoms with Gasteiger partial charge in [0.2, 0.25) is 5.91 Å². The topological polar surface area (TPSA) is 63.3 Å². The number of primary amides is 1. The van der Waals surface area contributed by atoms with E-state index in [2.05, 4.69) is 11.8 Å². The van der Waals surface area contributed by atoms with E-state index in [9.17, 15) is 14.3 Å². The van der Waals surface area contributed by atoms with Gasteiger partial charge in [0, 0.05) is 0 Å². The Kier molecular flexibility index (Phi) is 3.08. The van der Waals surface area contributed by atoms with Crippen molar-refractivity contribution >= 4 is 5.91 Å². The van der Waals surface area contributed by atoms with E-state index in [0.29, 0.717) is 0 Å². The van der Waals surface area contributed by atoms with Crippen LogP contribution in [-0.4, -0.2) is 11.0 Å². The van der Waals surface area contributed by atoms with Crippen LogP contribution >= 0.6 is 0 Å². The maximum absolute atomic E-state index is 13.0. The zero-order chi connectivity index (χ0) is 10.6. The number of aromatic hydroxyl groups is 1. The van der Waals surface area contributed by atoms with Gasteiger partial charge in [-0.3, -0.25) is 4.79 Å². The van der Waals surface area contributed by atoms with E-state index in [-0.39, 0.29) is 17.7 Å². The highest BCUT2D eigenvalue weighted by Crippen LogP contribution is 2.17. The molecule has 0 radical (unpaired) electrons. The summed E-state index contributed by atoms with van der Waals surface area (Å²) >= 11 is 0. The number of carbonyl (C=O) groups is 1. The van der Waals surface area contributed by atoms with Gasteiger partial charge in [-0.1, -0.05) is 17.9 Å². The van der Waals surface area contributed by atoms with Crippen molar-refractivity contribution in [3.63, 3.8) is 0 Å². The van der Waals surface area contributed by atoms with Gasteiger partial charge in [0.05, 0.1) is 6.42 Å². The third-order valence-corrected chi connectivity index (χ3v) is 1.47. The molecular weight excluding hydrogens is 185 g/mol. The number of hydrogen-bond donors (Lipinski definition) is 2. The van der Waals surface area contributed by atoms with Crippen molar-refractivity contribution in [3.05, 3.63) is 29.6 Å². The van der Waals surface area contributed by atoms with Crippen LogP contribution in [-0.2, 0) is 4.79 Å². The molecule has 14 heavy (non-hydrogen) atoms. The second-order valence-electron chi connectivity index (χ2n) is 2.58. The maximum atomic E-state index is 13.0. The van der Waals surface area contributed by atoms with Crippen LogP contribution in [0.3, 0.4) is 0 Å². The molecule has 0 atom stereocenters. The van der Waals surface area contributed by atoms with Crippen LogP contribution in [0.15, 0.2) is 18.2 Å². The van der Waals surface area contributed by atoms with Gasteiger partial charge >= 0.3 is 0 Å². The standard InChI is InChI=1S/C10H8FNO2/c11-8-4-2-5-9(13)7(8)3-1-6-10(12)14/h2,4-5,13H,6H2,(H2,12,14). The summed E-state index contributed by atoms with van der Waals surface area (Å²) < 4.78 is 13.0. The normalized spacial score (nSPS) is 8.93. The first-order valence-corrected chi connectivity index (χ1v) is 3.86. The number of rotatable bonds is 1. The molecule has 72 valence electrons. The molecule has 0 aliphatic heterocycles. The fourth-order valence-electron chi connectivity index (χ4n) is 0.856. The minimum atomic E-state index is -0.623. The summed E-state index contributed by atoms with van der Waals surface area (Å²) in [5.41, 5.74) is 4.72. The Morgan fingerprint density at radius 1 is 1.57 bits per heavy atom. The molecule has 3 N–H and O–H groups in total. The fraction of sp³-hybridized carbons (Fsp3) is 0.100. The van der Waals surface area contributed by atoms with Crippen molar-refractivity contribution in [3.8, 4) is 17.6 Å². The van der Waals surface area contributed by atoms with Gasteiger partial charge in [0.1, 0.15) is 17.1 Å². The van der Waals surface area contributed by atoms with Crippen LogP contribution in [0.2, 0.25) is 0 Å². The quantitative estimate of drug-likeness (QED) is 0.646. The Labute approximate surface area is 80.4 Å². The lowest BCUT2D eigenvalue weighted by Crippen LogP contribution is -2.08. The molecule has 4 heteroatoms.